The lowest BCUT2D eigenvalue weighted by Gasteiger charge is -2.37. The zero-order valence-corrected chi connectivity index (χ0v) is 20.6. The molecule has 8 heteroatoms. The fraction of sp³-hybridized carbons (Fsp3) is 0.435. The highest BCUT2D eigenvalue weighted by Gasteiger charge is 2.24. The van der Waals surface area contributed by atoms with Gasteiger partial charge in [0.05, 0.1) is 12.6 Å². The van der Waals surface area contributed by atoms with Gasteiger partial charge in [0.25, 0.3) is 0 Å². The number of aliphatic imine (C=N–C) groups is 1. The highest BCUT2D eigenvalue weighted by Crippen LogP contribution is 2.26. The zero-order chi connectivity index (χ0) is 20.8. The molecule has 2 N–H and O–H groups in total. The number of fused-ring (bicyclic) bond motifs is 1. The van der Waals surface area contributed by atoms with Crippen LogP contribution in [0.15, 0.2) is 59.7 Å². The summed E-state index contributed by atoms with van der Waals surface area (Å²) < 4.78 is 1.99. The van der Waals surface area contributed by atoms with Crippen molar-refractivity contribution in [1.29, 1.82) is 0 Å². The molecule has 0 aliphatic carbocycles. The van der Waals surface area contributed by atoms with E-state index in [-0.39, 0.29) is 24.0 Å². The van der Waals surface area contributed by atoms with Gasteiger partial charge in [-0.1, -0.05) is 43.3 Å². The maximum absolute atomic E-state index is 4.41. The smallest absolute Gasteiger partial charge is 0.191 e. The molecule has 1 unspecified atom stereocenters. The average molecular weight is 533 g/mol. The van der Waals surface area contributed by atoms with Gasteiger partial charge in [-0.15, -0.1) is 34.2 Å². The molecular weight excluding hydrogens is 501 g/mol. The first-order valence-corrected chi connectivity index (χ1v) is 10.8. The first-order valence-electron chi connectivity index (χ1n) is 10.8. The summed E-state index contributed by atoms with van der Waals surface area (Å²) in [7, 11) is 1.80. The molecule has 1 atom stereocenters. The van der Waals surface area contributed by atoms with Gasteiger partial charge in [-0.2, -0.15) is 0 Å². The summed E-state index contributed by atoms with van der Waals surface area (Å²) in [6, 6.07) is 17.0. The minimum Gasteiger partial charge on any atom is -0.354 e. The number of halogens is 1. The number of hydrogen-bond acceptors (Lipinski definition) is 4. The van der Waals surface area contributed by atoms with Crippen molar-refractivity contribution < 1.29 is 0 Å². The summed E-state index contributed by atoms with van der Waals surface area (Å²) in [5.41, 5.74) is 2.19. The summed E-state index contributed by atoms with van der Waals surface area (Å²) in [5, 5.41) is 15.4. The fourth-order valence-corrected chi connectivity index (χ4v) is 4.06. The Bertz CT molecular complexity index is 964. The van der Waals surface area contributed by atoms with E-state index in [0.717, 1.165) is 43.0 Å². The van der Waals surface area contributed by atoms with Crippen molar-refractivity contribution >= 4 is 35.6 Å². The standard InChI is InChI=1S/C23H31N7.HI/c1-18-11-14-29(15-12-18)20(19-8-4-3-5-9-19)16-25-23(24-2)26-17-22-28-27-21-10-6-7-13-30(21)22;/h3-10,13,18,20H,11-12,14-17H2,1-2H3,(H2,24,25,26);1H. The largest absolute Gasteiger partial charge is 0.354 e. The second-order valence-corrected chi connectivity index (χ2v) is 8.00. The molecule has 1 saturated heterocycles. The van der Waals surface area contributed by atoms with Gasteiger partial charge >= 0.3 is 0 Å². The highest BCUT2D eigenvalue weighted by molar-refractivity contribution is 14.0. The van der Waals surface area contributed by atoms with Crippen LogP contribution in [0.5, 0.6) is 0 Å². The van der Waals surface area contributed by atoms with Crippen LogP contribution in [0, 0.1) is 5.92 Å². The van der Waals surface area contributed by atoms with Crippen molar-refractivity contribution in [2.45, 2.75) is 32.4 Å². The van der Waals surface area contributed by atoms with Crippen molar-refractivity contribution in [3.05, 3.63) is 66.1 Å². The number of guanidine groups is 1. The molecule has 1 aromatic carbocycles. The number of rotatable bonds is 6. The monoisotopic (exact) mass is 533 g/mol. The van der Waals surface area contributed by atoms with E-state index in [1.807, 2.05) is 28.8 Å². The van der Waals surface area contributed by atoms with Gasteiger partial charge < -0.3 is 10.6 Å². The van der Waals surface area contributed by atoms with Gasteiger partial charge in [0.2, 0.25) is 0 Å². The van der Waals surface area contributed by atoms with Crippen LogP contribution in [0.25, 0.3) is 5.65 Å². The molecule has 0 bridgehead atoms. The number of pyridine rings is 1. The van der Waals surface area contributed by atoms with Gasteiger partial charge in [-0.05, 0) is 49.5 Å². The van der Waals surface area contributed by atoms with Crippen molar-refractivity contribution in [2.24, 2.45) is 10.9 Å². The predicted molar refractivity (Wildman–Crippen MR) is 136 cm³/mol. The summed E-state index contributed by atoms with van der Waals surface area (Å²) in [5.74, 6) is 2.45. The van der Waals surface area contributed by atoms with Crippen LogP contribution in [0.1, 0.15) is 37.2 Å². The van der Waals surface area contributed by atoms with E-state index in [9.17, 15) is 0 Å². The highest BCUT2D eigenvalue weighted by atomic mass is 127. The van der Waals surface area contributed by atoms with E-state index < -0.39 is 0 Å². The van der Waals surface area contributed by atoms with Crippen LogP contribution in [0.2, 0.25) is 0 Å². The molecule has 3 aromatic rings. The minimum atomic E-state index is 0. The van der Waals surface area contributed by atoms with Crippen LogP contribution in [0.4, 0.5) is 0 Å². The number of piperidine rings is 1. The molecule has 31 heavy (non-hydrogen) atoms. The SMILES string of the molecule is CN=C(NCc1nnc2ccccn12)NCC(c1ccccc1)N1CCC(C)CC1.I. The summed E-state index contributed by atoms with van der Waals surface area (Å²) in [4.78, 5) is 7.01. The third kappa shape index (κ3) is 5.94. The zero-order valence-electron chi connectivity index (χ0n) is 18.2. The van der Waals surface area contributed by atoms with Crippen LogP contribution in [-0.4, -0.2) is 52.1 Å². The quantitative estimate of drug-likeness (QED) is 0.289. The Labute approximate surface area is 201 Å². The molecular formula is C23H32IN7. The lowest BCUT2D eigenvalue weighted by Crippen LogP contribution is -2.45. The summed E-state index contributed by atoms with van der Waals surface area (Å²) in [6.45, 7) is 5.99. The van der Waals surface area contributed by atoms with E-state index in [2.05, 4.69) is 68.0 Å². The maximum atomic E-state index is 4.41. The number of nitrogens with zero attached hydrogens (tertiary/aromatic N) is 5. The van der Waals surface area contributed by atoms with Crippen LogP contribution in [0.3, 0.4) is 0 Å². The average Bonchev–Trinajstić information content (AvgIpc) is 3.21. The van der Waals surface area contributed by atoms with E-state index in [1.54, 1.807) is 7.05 Å². The van der Waals surface area contributed by atoms with E-state index in [0.29, 0.717) is 12.6 Å². The van der Waals surface area contributed by atoms with Crippen LogP contribution in [-0.2, 0) is 6.54 Å². The Kier molecular flexibility index (Phi) is 8.65. The normalized spacial score (nSPS) is 16.6. The molecule has 4 rings (SSSR count). The number of benzene rings is 1. The molecule has 7 nitrogen and oxygen atoms in total. The Hall–Kier alpha value is -2.20. The number of aromatic nitrogens is 3. The van der Waals surface area contributed by atoms with Crippen molar-refractivity contribution in [3.8, 4) is 0 Å². The van der Waals surface area contributed by atoms with Crippen LogP contribution < -0.4 is 10.6 Å². The Morgan fingerprint density at radius 2 is 1.81 bits per heavy atom. The molecule has 166 valence electrons. The molecule has 3 heterocycles. The number of likely N-dealkylation sites (tertiary alicyclic amines) is 1. The van der Waals surface area contributed by atoms with Crippen molar-refractivity contribution in [2.75, 3.05) is 26.7 Å². The molecule has 0 saturated carbocycles. The maximum Gasteiger partial charge on any atom is 0.191 e. The lowest BCUT2D eigenvalue weighted by atomic mass is 9.95. The van der Waals surface area contributed by atoms with Gasteiger partial charge in [0.15, 0.2) is 17.4 Å². The molecule has 0 amide bonds. The fourth-order valence-electron chi connectivity index (χ4n) is 4.06. The molecule has 2 aromatic heterocycles. The third-order valence-electron chi connectivity index (χ3n) is 5.93. The van der Waals surface area contributed by atoms with Crippen molar-refractivity contribution in [1.82, 2.24) is 30.1 Å². The molecule has 0 spiro atoms. The van der Waals surface area contributed by atoms with Gasteiger partial charge in [0, 0.05) is 19.8 Å². The summed E-state index contributed by atoms with van der Waals surface area (Å²) >= 11 is 0. The molecule has 1 fully saturated rings. The van der Waals surface area contributed by atoms with E-state index in [4.69, 9.17) is 0 Å². The van der Waals surface area contributed by atoms with Gasteiger partial charge in [0.1, 0.15) is 0 Å². The second-order valence-electron chi connectivity index (χ2n) is 8.00. The van der Waals surface area contributed by atoms with Crippen molar-refractivity contribution in [3.63, 3.8) is 0 Å². The van der Waals surface area contributed by atoms with Gasteiger partial charge in [-0.25, -0.2) is 0 Å². The first kappa shape index (κ1) is 23.5. The van der Waals surface area contributed by atoms with E-state index in [1.165, 1.54) is 18.4 Å². The minimum absolute atomic E-state index is 0. The summed E-state index contributed by atoms with van der Waals surface area (Å²) in [6.07, 6.45) is 4.50. The first-order chi connectivity index (χ1) is 14.7. The van der Waals surface area contributed by atoms with Crippen LogP contribution >= 0.6 is 24.0 Å². The molecule has 1 aliphatic heterocycles. The second kappa shape index (κ2) is 11.4. The molecule has 1 aliphatic rings. The lowest BCUT2D eigenvalue weighted by molar-refractivity contribution is 0.138. The Morgan fingerprint density at radius 1 is 1.06 bits per heavy atom. The topological polar surface area (TPSA) is 69.8 Å². The number of nitrogens with one attached hydrogen (secondary N) is 2. The van der Waals surface area contributed by atoms with Gasteiger partial charge in [-0.3, -0.25) is 14.3 Å². The van der Waals surface area contributed by atoms with E-state index >= 15 is 0 Å². The third-order valence-corrected chi connectivity index (χ3v) is 5.93. The Morgan fingerprint density at radius 3 is 2.55 bits per heavy atom. The number of hydrogen-bond donors (Lipinski definition) is 2. The molecule has 0 radical (unpaired) electrons. The Balaban J connectivity index is 0.00000272. The predicted octanol–water partition coefficient (Wildman–Crippen LogP) is 3.49.